The van der Waals surface area contributed by atoms with Crippen LogP contribution in [0.25, 0.3) is 44.5 Å². The van der Waals surface area contributed by atoms with Crippen LogP contribution in [-0.4, -0.2) is 0 Å². The molecule has 296 valence electrons. The summed E-state index contributed by atoms with van der Waals surface area (Å²) in [6, 6.07) is 79.7. The van der Waals surface area contributed by atoms with E-state index in [-0.39, 0.29) is 10.8 Å². The van der Waals surface area contributed by atoms with E-state index in [2.05, 4.69) is 245 Å². The Bertz CT molecular complexity index is 3190. The zero-order chi connectivity index (χ0) is 41.8. The summed E-state index contributed by atoms with van der Waals surface area (Å²) < 4.78 is 0. The smallest absolute Gasteiger partial charge is 0.0720 e. The Labute approximate surface area is 365 Å². The molecule has 3 aliphatic rings. The van der Waals surface area contributed by atoms with Gasteiger partial charge in [0.1, 0.15) is 0 Å². The first-order valence-electron chi connectivity index (χ1n) is 22.0. The van der Waals surface area contributed by atoms with Crippen LogP contribution in [0, 0.1) is 0 Å². The molecule has 0 amide bonds. The summed E-state index contributed by atoms with van der Waals surface area (Å²) in [4.78, 5) is 2.49. The fourth-order valence-electron chi connectivity index (χ4n) is 11.7. The second kappa shape index (κ2) is 13.4. The van der Waals surface area contributed by atoms with E-state index in [0.29, 0.717) is 0 Å². The predicted molar refractivity (Wildman–Crippen MR) is 259 cm³/mol. The molecule has 1 spiro atoms. The molecule has 0 saturated heterocycles. The molecule has 1 heteroatoms. The van der Waals surface area contributed by atoms with Gasteiger partial charge in [-0.15, -0.1) is 0 Å². The summed E-state index contributed by atoms with van der Waals surface area (Å²) >= 11 is 0. The molecule has 3 aliphatic carbocycles. The molecule has 62 heavy (non-hydrogen) atoms. The van der Waals surface area contributed by atoms with Crippen molar-refractivity contribution in [3.8, 4) is 44.5 Å². The van der Waals surface area contributed by atoms with Gasteiger partial charge in [0.25, 0.3) is 0 Å². The Balaban J connectivity index is 1.09. The van der Waals surface area contributed by atoms with Crippen LogP contribution in [0.3, 0.4) is 0 Å². The highest BCUT2D eigenvalue weighted by Crippen LogP contribution is 2.63. The number of hydrogen-bond acceptors (Lipinski definition) is 1. The first-order chi connectivity index (χ1) is 30.3. The zero-order valence-corrected chi connectivity index (χ0v) is 35.7. The second-order valence-corrected chi connectivity index (χ2v) is 18.4. The predicted octanol–water partition coefficient (Wildman–Crippen LogP) is 15.8. The third-order valence-corrected chi connectivity index (χ3v) is 14.6. The molecule has 0 bridgehead atoms. The molecule has 1 nitrogen and oxygen atoms in total. The fourth-order valence-corrected chi connectivity index (χ4v) is 11.7. The Hall–Kier alpha value is -7.22. The number of rotatable bonds is 5. The molecule has 9 aromatic rings. The third kappa shape index (κ3) is 5.03. The van der Waals surface area contributed by atoms with Crippen molar-refractivity contribution in [3.05, 3.63) is 257 Å². The minimum atomic E-state index is -0.483. The molecular formula is C61H47N. The third-order valence-electron chi connectivity index (χ3n) is 14.6. The van der Waals surface area contributed by atoms with Crippen LogP contribution >= 0.6 is 0 Å². The fraction of sp³-hybridized carbons (Fsp3) is 0.115. The monoisotopic (exact) mass is 793 g/mol. The summed E-state index contributed by atoms with van der Waals surface area (Å²) in [5.74, 6) is 0. The molecular weight excluding hydrogens is 747 g/mol. The number of nitrogens with zero attached hydrogens (tertiary/aromatic N) is 1. The van der Waals surface area contributed by atoms with Gasteiger partial charge in [0.05, 0.1) is 5.41 Å². The standard InChI is InChI=1S/C61H47N/c1-59(2)51-24-12-10-22-47(51)49-36-34-43(38-57(49)59)62(42-32-30-41(31-33-42)46-21-9-8-20-45(46)40-18-6-5-7-19-40)44-35-37-50-48-23-11-13-25-52(48)61(58(50)39-44)55-28-16-14-26-53(55)60(3,4)54-27-15-17-29-56(54)61/h5-39H,1-4H3. The molecule has 12 rings (SSSR count). The van der Waals surface area contributed by atoms with Crippen LogP contribution < -0.4 is 4.90 Å². The van der Waals surface area contributed by atoms with Crippen LogP contribution in [0.4, 0.5) is 17.1 Å². The number of anilines is 3. The summed E-state index contributed by atoms with van der Waals surface area (Å²) in [6.07, 6.45) is 0. The van der Waals surface area contributed by atoms with Gasteiger partial charge < -0.3 is 4.90 Å². The molecule has 0 atom stereocenters. The van der Waals surface area contributed by atoms with Gasteiger partial charge in [0.2, 0.25) is 0 Å². The van der Waals surface area contributed by atoms with Gasteiger partial charge in [-0.3, -0.25) is 0 Å². The summed E-state index contributed by atoms with van der Waals surface area (Å²) in [5, 5.41) is 0. The van der Waals surface area contributed by atoms with E-state index in [1.165, 1.54) is 89.0 Å². The van der Waals surface area contributed by atoms with Gasteiger partial charge in [-0.05, 0) is 125 Å². The molecule has 0 aromatic heterocycles. The second-order valence-electron chi connectivity index (χ2n) is 18.4. The van der Waals surface area contributed by atoms with E-state index >= 15 is 0 Å². The minimum absolute atomic E-state index is 0.134. The van der Waals surface area contributed by atoms with Gasteiger partial charge >= 0.3 is 0 Å². The van der Waals surface area contributed by atoms with Crippen LogP contribution in [0.2, 0.25) is 0 Å². The number of fused-ring (bicyclic) bond motifs is 12. The van der Waals surface area contributed by atoms with Gasteiger partial charge in [0, 0.05) is 27.9 Å². The van der Waals surface area contributed by atoms with Gasteiger partial charge in [-0.25, -0.2) is 0 Å². The average Bonchev–Trinajstić information content (AvgIpc) is 3.74. The van der Waals surface area contributed by atoms with Crippen molar-refractivity contribution in [1.82, 2.24) is 0 Å². The highest BCUT2D eigenvalue weighted by atomic mass is 15.1. The lowest BCUT2D eigenvalue weighted by atomic mass is 9.55. The topological polar surface area (TPSA) is 3.24 Å². The van der Waals surface area contributed by atoms with Crippen molar-refractivity contribution < 1.29 is 0 Å². The lowest BCUT2D eigenvalue weighted by Gasteiger charge is -2.46. The van der Waals surface area contributed by atoms with Crippen molar-refractivity contribution in [2.24, 2.45) is 0 Å². The number of hydrogen-bond donors (Lipinski definition) is 0. The maximum absolute atomic E-state index is 2.52. The molecule has 0 N–H and O–H groups in total. The van der Waals surface area contributed by atoms with E-state index in [9.17, 15) is 0 Å². The summed E-state index contributed by atoms with van der Waals surface area (Å²) in [6.45, 7) is 9.54. The van der Waals surface area contributed by atoms with Crippen molar-refractivity contribution in [2.45, 2.75) is 43.9 Å². The first kappa shape index (κ1) is 36.6. The molecule has 0 unspecified atom stereocenters. The lowest BCUT2D eigenvalue weighted by molar-refractivity contribution is 0.563. The van der Waals surface area contributed by atoms with Crippen LogP contribution in [-0.2, 0) is 16.2 Å². The van der Waals surface area contributed by atoms with Crippen molar-refractivity contribution >= 4 is 17.1 Å². The highest BCUT2D eigenvalue weighted by molar-refractivity contribution is 5.93. The maximum Gasteiger partial charge on any atom is 0.0720 e. The largest absolute Gasteiger partial charge is 0.310 e. The van der Waals surface area contributed by atoms with E-state index in [1.807, 2.05) is 0 Å². The SMILES string of the molecule is CC1(C)c2ccccc2-c2ccc(N(c3ccc(-c4ccccc4-c4ccccc4)cc3)c3ccc4c(c3)C3(c5ccccc5-4)c4ccccc4C(C)(C)c4ccccc43)cc21. The van der Waals surface area contributed by atoms with E-state index in [0.717, 1.165) is 17.1 Å². The molecule has 0 fully saturated rings. The van der Waals surface area contributed by atoms with Gasteiger partial charge in [-0.1, -0.05) is 204 Å². The summed E-state index contributed by atoms with van der Waals surface area (Å²) in [5.41, 5.74) is 23.7. The van der Waals surface area contributed by atoms with Gasteiger partial charge in [0.15, 0.2) is 0 Å². The summed E-state index contributed by atoms with van der Waals surface area (Å²) in [7, 11) is 0. The van der Waals surface area contributed by atoms with E-state index < -0.39 is 5.41 Å². The van der Waals surface area contributed by atoms with Crippen molar-refractivity contribution in [1.29, 1.82) is 0 Å². The molecule has 0 saturated carbocycles. The maximum atomic E-state index is 2.52. The van der Waals surface area contributed by atoms with Crippen LogP contribution in [0.5, 0.6) is 0 Å². The lowest BCUT2D eigenvalue weighted by Crippen LogP contribution is -2.40. The first-order valence-corrected chi connectivity index (χ1v) is 22.0. The average molecular weight is 794 g/mol. The highest BCUT2D eigenvalue weighted by Gasteiger charge is 2.53. The number of benzene rings is 9. The van der Waals surface area contributed by atoms with Crippen LogP contribution in [0.15, 0.2) is 212 Å². The Kier molecular flexibility index (Phi) is 7.91. The van der Waals surface area contributed by atoms with E-state index in [4.69, 9.17) is 0 Å². The normalized spacial score (nSPS) is 15.2. The van der Waals surface area contributed by atoms with Crippen LogP contribution in [0.1, 0.15) is 72.2 Å². The Morgan fingerprint density at radius 2 is 0.629 bits per heavy atom. The Morgan fingerprint density at radius 1 is 0.258 bits per heavy atom. The zero-order valence-electron chi connectivity index (χ0n) is 35.7. The quantitative estimate of drug-likeness (QED) is 0.168. The molecule has 0 heterocycles. The van der Waals surface area contributed by atoms with Gasteiger partial charge in [-0.2, -0.15) is 0 Å². The minimum Gasteiger partial charge on any atom is -0.310 e. The van der Waals surface area contributed by atoms with Crippen molar-refractivity contribution in [2.75, 3.05) is 4.90 Å². The van der Waals surface area contributed by atoms with E-state index in [1.54, 1.807) is 0 Å². The van der Waals surface area contributed by atoms with Crippen molar-refractivity contribution in [3.63, 3.8) is 0 Å². The molecule has 0 aliphatic heterocycles. The molecule has 0 radical (unpaired) electrons. The Morgan fingerprint density at radius 3 is 1.21 bits per heavy atom. The molecule has 9 aromatic carbocycles.